The normalized spacial score (nSPS) is 17.1. The van der Waals surface area contributed by atoms with Crippen LogP contribution in [0.25, 0.3) is 11.5 Å². The molecule has 1 fully saturated rings. The molecule has 1 aliphatic rings. The summed E-state index contributed by atoms with van der Waals surface area (Å²) in [4.78, 5) is 26.2. The van der Waals surface area contributed by atoms with Crippen molar-refractivity contribution in [2.75, 3.05) is 36.1 Å². The molecule has 10 nitrogen and oxygen atoms in total. The Hall–Kier alpha value is -2.79. The van der Waals surface area contributed by atoms with Crippen LogP contribution in [0, 0.1) is 0 Å². The summed E-state index contributed by atoms with van der Waals surface area (Å²) in [6.45, 7) is 1.45. The first-order valence-corrected chi connectivity index (χ1v) is 11.2. The number of hydrogen-bond donors (Lipinski definition) is 3. The van der Waals surface area contributed by atoms with Gasteiger partial charge in [-0.25, -0.2) is 23.1 Å². The number of hydrogen-bond acceptors (Lipinski definition) is 8. The maximum atomic E-state index is 11.6. The molecule has 29 heavy (non-hydrogen) atoms. The van der Waals surface area contributed by atoms with Gasteiger partial charge in [0, 0.05) is 37.9 Å². The molecule has 0 bridgehead atoms. The number of nitrogens with one attached hydrogen (secondary N) is 2. The zero-order valence-electron chi connectivity index (χ0n) is 16.1. The van der Waals surface area contributed by atoms with Gasteiger partial charge in [-0.05, 0) is 25.0 Å². The highest BCUT2D eigenvalue weighted by atomic mass is 32.2. The minimum Gasteiger partial charge on any atom is -0.481 e. The maximum Gasteiger partial charge on any atom is 0.305 e. The van der Waals surface area contributed by atoms with Crippen LogP contribution in [0.3, 0.4) is 0 Å². The quantitative estimate of drug-likeness (QED) is 0.570. The van der Waals surface area contributed by atoms with E-state index in [-0.39, 0.29) is 19.0 Å². The molecular weight excluding hydrogens is 396 g/mol. The summed E-state index contributed by atoms with van der Waals surface area (Å²) < 4.78 is 25.8. The highest BCUT2D eigenvalue weighted by molar-refractivity contribution is 7.88. The number of pyridine rings is 1. The van der Waals surface area contributed by atoms with Gasteiger partial charge in [-0.1, -0.05) is 6.07 Å². The van der Waals surface area contributed by atoms with E-state index in [1.54, 1.807) is 24.4 Å². The van der Waals surface area contributed by atoms with E-state index in [1.807, 2.05) is 11.0 Å². The fourth-order valence-corrected chi connectivity index (χ4v) is 3.98. The molecule has 3 N–H and O–H groups in total. The van der Waals surface area contributed by atoms with Gasteiger partial charge in [0.1, 0.15) is 17.3 Å². The van der Waals surface area contributed by atoms with Crippen LogP contribution >= 0.6 is 0 Å². The summed E-state index contributed by atoms with van der Waals surface area (Å²) in [5.74, 6) is 0.648. The summed E-state index contributed by atoms with van der Waals surface area (Å²) in [5, 5.41) is 11.9. The van der Waals surface area contributed by atoms with Crippen molar-refractivity contribution in [2.24, 2.45) is 0 Å². The second-order valence-corrected chi connectivity index (χ2v) is 8.68. The Labute approximate surface area is 169 Å². The lowest BCUT2D eigenvalue weighted by Gasteiger charge is -2.33. The molecule has 2 aromatic heterocycles. The molecule has 0 amide bonds. The van der Waals surface area contributed by atoms with Gasteiger partial charge >= 0.3 is 5.97 Å². The van der Waals surface area contributed by atoms with E-state index in [4.69, 9.17) is 5.11 Å². The molecule has 3 rings (SSSR count). The van der Waals surface area contributed by atoms with Gasteiger partial charge in [0.15, 0.2) is 5.82 Å². The van der Waals surface area contributed by atoms with E-state index >= 15 is 0 Å². The molecule has 0 aromatic carbocycles. The van der Waals surface area contributed by atoms with Gasteiger partial charge in [0.2, 0.25) is 10.0 Å². The van der Waals surface area contributed by atoms with Gasteiger partial charge in [-0.15, -0.1) is 0 Å². The third-order valence-corrected chi connectivity index (χ3v) is 5.14. The first-order valence-electron chi connectivity index (χ1n) is 9.28. The molecular formula is C18H24N6O4S. The lowest BCUT2D eigenvalue weighted by atomic mass is 10.1. The molecule has 1 aliphatic heterocycles. The molecule has 11 heteroatoms. The van der Waals surface area contributed by atoms with Gasteiger partial charge in [0.25, 0.3) is 0 Å². The Kier molecular flexibility index (Phi) is 6.60. The fourth-order valence-electron chi connectivity index (χ4n) is 3.18. The van der Waals surface area contributed by atoms with Crippen LogP contribution in [0.1, 0.15) is 19.3 Å². The van der Waals surface area contributed by atoms with E-state index in [9.17, 15) is 13.2 Å². The summed E-state index contributed by atoms with van der Waals surface area (Å²) in [7, 11) is -3.30. The summed E-state index contributed by atoms with van der Waals surface area (Å²) >= 11 is 0. The van der Waals surface area contributed by atoms with E-state index in [0.29, 0.717) is 29.7 Å². The lowest BCUT2D eigenvalue weighted by Crippen LogP contribution is -2.47. The number of carbonyl (C=O) groups is 1. The Bertz CT molecular complexity index is 954. The average Bonchev–Trinajstić information content (AvgIpc) is 2.67. The van der Waals surface area contributed by atoms with E-state index in [0.717, 1.165) is 25.6 Å². The van der Waals surface area contributed by atoms with Crippen molar-refractivity contribution in [3.8, 4) is 11.5 Å². The van der Waals surface area contributed by atoms with Crippen molar-refractivity contribution in [1.29, 1.82) is 0 Å². The van der Waals surface area contributed by atoms with Crippen molar-refractivity contribution in [1.82, 2.24) is 19.7 Å². The second-order valence-electron chi connectivity index (χ2n) is 6.90. The zero-order valence-corrected chi connectivity index (χ0v) is 16.9. The van der Waals surface area contributed by atoms with E-state index in [2.05, 4.69) is 25.0 Å². The zero-order chi connectivity index (χ0) is 20.9. The maximum absolute atomic E-state index is 11.6. The van der Waals surface area contributed by atoms with Crippen molar-refractivity contribution < 1.29 is 18.3 Å². The number of aromatic nitrogens is 3. The van der Waals surface area contributed by atoms with Crippen molar-refractivity contribution in [3.63, 3.8) is 0 Å². The van der Waals surface area contributed by atoms with Crippen LogP contribution in [0.15, 0.2) is 30.5 Å². The van der Waals surface area contributed by atoms with Crippen LogP contribution in [0.2, 0.25) is 0 Å². The van der Waals surface area contributed by atoms with Gasteiger partial charge in [-0.2, -0.15) is 0 Å². The third kappa shape index (κ3) is 6.36. The standard InChI is InChI=1S/C18H24N6O4S/c1-29(27,28)23-13-5-4-10-24(12-13)16-11-15(20-9-7-17(25)26)21-18(22-16)14-6-2-3-8-19-14/h2-3,6,8,11,13,23H,4-5,7,9-10,12H2,1H3,(H,25,26)(H,20,21,22). The Balaban J connectivity index is 1.86. The molecule has 0 saturated carbocycles. The van der Waals surface area contributed by atoms with Crippen LogP contribution in [-0.4, -0.2) is 66.4 Å². The largest absolute Gasteiger partial charge is 0.481 e. The van der Waals surface area contributed by atoms with Crippen molar-refractivity contribution in [3.05, 3.63) is 30.5 Å². The number of carboxylic acids is 1. The van der Waals surface area contributed by atoms with Crippen LogP contribution in [-0.2, 0) is 14.8 Å². The highest BCUT2D eigenvalue weighted by Crippen LogP contribution is 2.24. The number of sulfonamides is 1. The SMILES string of the molecule is CS(=O)(=O)NC1CCCN(c2cc(NCCC(=O)O)nc(-c3ccccn3)n2)C1. The fraction of sp³-hybridized carbons (Fsp3) is 0.444. The summed E-state index contributed by atoms with van der Waals surface area (Å²) in [5.41, 5.74) is 0.596. The molecule has 0 spiro atoms. The van der Waals surface area contributed by atoms with Crippen molar-refractivity contribution in [2.45, 2.75) is 25.3 Å². The van der Waals surface area contributed by atoms with Crippen LogP contribution < -0.4 is 14.9 Å². The van der Waals surface area contributed by atoms with Crippen molar-refractivity contribution >= 4 is 27.6 Å². The molecule has 156 valence electrons. The molecule has 1 unspecified atom stereocenters. The molecule has 0 aliphatic carbocycles. The van der Waals surface area contributed by atoms with Crippen LogP contribution in [0.5, 0.6) is 0 Å². The third-order valence-electron chi connectivity index (χ3n) is 4.38. The Morgan fingerprint density at radius 1 is 1.34 bits per heavy atom. The number of nitrogens with zero attached hydrogens (tertiary/aromatic N) is 4. The number of carboxylic acid groups (broad SMARTS) is 1. The van der Waals surface area contributed by atoms with Gasteiger partial charge in [0.05, 0.1) is 12.7 Å². The number of anilines is 2. The molecule has 1 saturated heterocycles. The Morgan fingerprint density at radius 2 is 2.17 bits per heavy atom. The van der Waals surface area contributed by atoms with E-state index < -0.39 is 16.0 Å². The molecule has 1 atom stereocenters. The highest BCUT2D eigenvalue weighted by Gasteiger charge is 2.24. The minimum atomic E-state index is -3.30. The lowest BCUT2D eigenvalue weighted by molar-refractivity contribution is -0.136. The first-order chi connectivity index (χ1) is 13.8. The molecule has 0 radical (unpaired) electrons. The minimum absolute atomic E-state index is 0.0394. The van der Waals surface area contributed by atoms with E-state index in [1.165, 1.54) is 0 Å². The Morgan fingerprint density at radius 3 is 2.86 bits per heavy atom. The molecule has 2 aromatic rings. The number of piperidine rings is 1. The second kappa shape index (κ2) is 9.14. The predicted octanol–water partition coefficient (Wildman–Crippen LogP) is 0.943. The summed E-state index contributed by atoms with van der Waals surface area (Å²) in [6.07, 6.45) is 4.34. The first kappa shape index (κ1) is 20.9. The van der Waals surface area contributed by atoms with Crippen LogP contribution in [0.4, 0.5) is 11.6 Å². The summed E-state index contributed by atoms with van der Waals surface area (Å²) in [6, 6.07) is 6.98. The van der Waals surface area contributed by atoms with Gasteiger partial charge < -0.3 is 15.3 Å². The number of aliphatic carboxylic acids is 1. The predicted molar refractivity (Wildman–Crippen MR) is 109 cm³/mol. The smallest absolute Gasteiger partial charge is 0.305 e. The van der Waals surface area contributed by atoms with Gasteiger partial charge in [-0.3, -0.25) is 9.78 Å². The topological polar surface area (TPSA) is 137 Å². The monoisotopic (exact) mass is 420 g/mol. The average molecular weight is 420 g/mol. The molecule has 3 heterocycles. The number of rotatable bonds is 8.